The zero-order chi connectivity index (χ0) is 28.1. The van der Waals surface area contributed by atoms with E-state index in [1.54, 1.807) is 37.7 Å². The Balaban J connectivity index is 0.00000159. The second kappa shape index (κ2) is 15.6. The number of anilines is 1. The molecule has 1 aromatic rings. The Morgan fingerprint density at radius 2 is 1.73 bits per heavy atom. The van der Waals surface area contributed by atoms with E-state index in [-0.39, 0.29) is 17.6 Å². The summed E-state index contributed by atoms with van der Waals surface area (Å²) in [6, 6.07) is 2.01. The number of piperazine rings is 1. The first kappa shape index (κ1) is 32.5. The molecular formula is C26H43F3N4O4. The molecule has 37 heavy (non-hydrogen) atoms. The molecule has 1 atom stereocenters. The molecule has 1 unspecified atom stereocenters. The van der Waals surface area contributed by atoms with Gasteiger partial charge in [-0.2, -0.15) is 13.2 Å². The summed E-state index contributed by atoms with van der Waals surface area (Å²) in [5.41, 5.74) is -1.29. The number of ether oxygens (including phenoxy) is 2. The van der Waals surface area contributed by atoms with Crippen LogP contribution < -0.4 is 10.2 Å². The Kier molecular flexibility index (Phi) is 13.7. The van der Waals surface area contributed by atoms with E-state index in [2.05, 4.69) is 15.0 Å². The number of alkyl halides is 3. The molecule has 2 amide bonds. The van der Waals surface area contributed by atoms with Crippen molar-refractivity contribution in [3.8, 4) is 0 Å². The summed E-state index contributed by atoms with van der Waals surface area (Å²) in [5, 5.41) is 2.71. The molecule has 1 fully saturated rings. The summed E-state index contributed by atoms with van der Waals surface area (Å²) < 4.78 is 48.7. The Morgan fingerprint density at radius 1 is 1.11 bits per heavy atom. The van der Waals surface area contributed by atoms with Crippen LogP contribution in [0.25, 0.3) is 0 Å². The van der Waals surface area contributed by atoms with Crippen LogP contribution in [0.3, 0.4) is 0 Å². The van der Waals surface area contributed by atoms with Crippen LogP contribution in [0.1, 0.15) is 65.9 Å². The maximum Gasteiger partial charge on any atom is 0.416 e. The summed E-state index contributed by atoms with van der Waals surface area (Å²) in [6.45, 7) is 12.4. The molecule has 1 aliphatic rings. The molecule has 0 saturated carbocycles. The van der Waals surface area contributed by atoms with Crippen molar-refractivity contribution in [3.05, 3.63) is 23.9 Å². The lowest BCUT2D eigenvalue weighted by atomic mass is 9.96. The minimum absolute atomic E-state index is 0.0609. The molecular weight excluding hydrogens is 489 g/mol. The van der Waals surface area contributed by atoms with Crippen molar-refractivity contribution in [2.24, 2.45) is 5.92 Å². The molecule has 1 N–H and O–H groups in total. The van der Waals surface area contributed by atoms with Gasteiger partial charge in [-0.15, -0.1) is 0 Å². The van der Waals surface area contributed by atoms with E-state index >= 15 is 0 Å². The van der Waals surface area contributed by atoms with E-state index in [4.69, 9.17) is 4.74 Å². The van der Waals surface area contributed by atoms with E-state index < -0.39 is 23.4 Å². The molecule has 11 heteroatoms. The highest BCUT2D eigenvalue weighted by Crippen LogP contribution is 2.31. The number of amides is 2. The molecule has 1 aromatic heterocycles. The highest BCUT2D eigenvalue weighted by molar-refractivity contribution is 5.79. The zero-order valence-electron chi connectivity index (χ0n) is 23.0. The fourth-order valence-corrected chi connectivity index (χ4v) is 3.77. The van der Waals surface area contributed by atoms with Crippen molar-refractivity contribution in [3.63, 3.8) is 0 Å². The molecule has 0 bridgehead atoms. The summed E-state index contributed by atoms with van der Waals surface area (Å²) in [6.07, 6.45) is -0.800. The average Bonchev–Trinajstić information content (AvgIpc) is 2.84. The van der Waals surface area contributed by atoms with Gasteiger partial charge in [0.25, 0.3) is 0 Å². The van der Waals surface area contributed by atoms with Gasteiger partial charge in [0.2, 0.25) is 5.91 Å². The third-order valence-electron chi connectivity index (χ3n) is 5.66. The van der Waals surface area contributed by atoms with Crippen LogP contribution in [0, 0.1) is 5.92 Å². The van der Waals surface area contributed by atoms with Crippen LogP contribution in [-0.4, -0.2) is 73.9 Å². The van der Waals surface area contributed by atoms with Crippen molar-refractivity contribution >= 4 is 17.8 Å². The standard InChI is InChI=1S/C23H35F3N4O3.C3H8O/c1-5-7-17(8-6-10-28-21(32)33-22(2,3)4)20(31)30-14-12-29(13-15-30)19-16-18(9-11-27-19)23(24,25)26;1-3-4-2/h9,11,16-17H,5-8,10,12-15H2,1-4H3,(H,28,32);3H2,1-2H3. The van der Waals surface area contributed by atoms with Crippen LogP contribution in [0.15, 0.2) is 18.3 Å². The Morgan fingerprint density at radius 3 is 2.24 bits per heavy atom. The number of halogens is 3. The summed E-state index contributed by atoms with van der Waals surface area (Å²) in [5.74, 6) is 0.190. The lowest BCUT2D eigenvalue weighted by Gasteiger charge is -2.37. The number of alkyl carbamates (subject to hydrolysis) is 1. The summed E-state index contributed by atoms with van der Waals surface area (Å²) in [4.78, 5) is 32.5. The Hall–Kier alpha value is -2.56. The minimum atomic E-state index is -4.42. The van der Waals surface area contributed by atoms with Gasteiger partial charge in [0.05, 0.1) is 5.56 Å². The molecule has 0 radical (unpaired) electrons. The van der Waals surface area contributed by atoms with Crippen molar-refractivity contribution in [1.29, 1.82) is 0 Å². The Labute approximate surface area is 218 Å². The molecule has 0 aromatic carbocycles. The van der Waals surface area contributed by atoms with Gasteiger partial charge in [0, 0.05) is 58.6 Å². The van der Waals surface area contributed by atoms with Crippen molar-refractivity contribution in [1.82, 2.24) is 15.2 Å². The maximum atomic E-state index is 13.1. The minimum Gasteiger partial charge on any atom is -0.444 e. The number of carbonyl (C=O) groups is 2. The zero-order valence-corrected chi connectivity index (χ0v) is 23.0. The van der Waals surface area contributed by atoms with Gasteiger partial charge < -0.3 is 24.6 Å². The van der Waals surface area contributed by atoms with Gasteiger partial charge in [-0.3, -0.25) is 4.79 Å². The quantitative estimate of drug-likeness (QED) is 0.445. The topological polar surface area (TPSA) is 84.0 Å². The fourth-order valence-electron chi connectivity index (χ4n) is 3.77. The van der Waals surface area contributed by atoms with Gasteiger partial charge >= 0.3 is 12.3 Å². The third-order valence-corrected chi connectivity index (χ3v) is 5.66. The molecule has 2 heterocycles. The molecule has 0 aliphatic carbocycles. The van der Waals surface area contributed by atoms with Gasteiger partial charge in [0.1, 0.15) is 11.4 Å². The van der Waals surface area contributed by atoms with Gasteiger partial charge in [0.15, 0.2) is 0 Å². The van der Waals surface area contributed by atoms with Crippen molar-refractivity contribution < 1.29 is 32.2 Å². The molecule has 1 saturated heterocycles. The first-order valence-electron chi connectivity index (χ1n) is 12.8. The smallest absolute Gasteiger partial charge is 0.416 e. The van der Waals surface area contributed by atoms with Gasteiger partial charge in [-0.1, -0.05) is 13.3 Å². The maximum absolute atomic E-state index is 13.1. The summed E-state index contributed by atoms with van der Waals surface area (Å²) in [7, 11) is 1.68. The van der Waals surface area contributed by atoms with E-state index in [0.29, 0.717) is 45.6 Å². The van der Waals surface area contributed by atoms with Crippen LogP contribution in [0.5, 0.6) is 0 Å². The van der Waals surface area contributed by atoms with Gasteiger partial charge in [-0.25, -0.2) is 9.78 Å². The van der Waals surface area contributed by atoms with E-state index in [1.807, 2.05) is 13.8 Å². The number of nitrogens with one attached hydrogen (secondary N) is 1. The van der Waals surface area contributed by atoms with Gasteiger partial charge in [-0.05, 0) is 59.1 Å². The molecule has 1 aliphatic heterocycles. The molecule has 2 rings (SSSR count). The second-order valence-electron chi connectivity index (χ2n) is 9.85. The van der Waals surface area contributed by atoms with Crippen LogP contribution in [0.2, 0.25) is 0 Å². The highest BCUT2D eigenvalue weighted by Gasteiger charge is 2.32. The lowest BCUT2D eigenvalue weighted by Crippen LogP contribution is -2.50. The SMILES string of the molecule is CCCC(CCCNC(=O)OC(C)(C)C)C(=O)N1CCN(c2cc(C(F)(F)F)ccn2)CC1.CCOC. The fraction of sp³-hybridized carbons (Fsp3) is 0.731. The number of pyridine rings is 1. The molecule has 212 valence electrons. The number of nitrogens with zero attached hydrogens (tertiary/aromatic N) is 3. The first-order valence-corrected chi connectivity index (χ1v) is 12.8. The molecule has 0 spiro atoms. The van der Waals surface area contributed by atoms with Crippen LogP contribution in [0.4, 0.5) is 23.8 Å². The third kappa shape index (κ3) is 12.5. The van der Waals surface area contributed by atoms with Crippen LogP contribution in [-0.2, 0) is 20.4 Å². The number of hydrogen-bond donors (Lipinski definition) is 1. The predicted octanol–water partition coefficient (Wildman–Crippen LogP) is 5.12. The van der Waals surface area contributed by atoms with E-state index in [1.165, 1.54) is 0 Å². The van der Waals surface area contributed by atoms with Crippen molar-refractivity contribution in [2.75, 3.05) is 51.3 Å². The Bertz CT molecular complexity index is 821. The number of hydrogen-bond acceptors (Lipinski definition) is 6. The second-order valence-corrected chi connectivity index (χ2v) is 9.85. The predicted molar refractivity (Wildman–Crippen MR) is 137 cm³/mol. The number of carbonyl (C=O) groups excluding carboxylic acids is 2. The lowest BCUT2D eigenvalue weighted by molar-refractivity contribution is -0.137. The highest BCUT2D eigenvalue weighted by atomic mass is 19.4. The first-order chi connectivity index (χ1) is 17.3. The summed E-state index contributed by atoms with van der Waals surface area (Å²) >= 11 is 0. The largest absolute Gasteiger partial charge is 0.444 e. The number of aromatic nitrogens is 1. The van der Waals surface area contributed by atoms with Crippen molar-refractivity contribution in [2.45, 2.75) is 72.1 Å². The number of methoxy groups -OCH3 is 1. The van der Waals surface area contributed by atoms with Crippen LogP contribution >= 0.6 is 0 Å². The molecule has 8 nitrogen and oxygen atoms in total. The number of rotatable bonds is 9. The van der Waals surface area contributed by atoms with E-state index in [0.717, 1.165) is 37.8 Å². The normalized spacial score (nSPS) is 14.9. The van der Waals surface area contributed by atoms with E-state index in [9.17, 15) is 22.8 Å². The average molecular weight is 533 g/mol. The monoisotopic (exact) mass is 532 g/mol.